The quantitative estimate of drug-likeness (QED) is 0.482. The zero-order valence-corrected chi connectivity index (χ0v) is 17.0. The summed E-state index contributed by atoms with van der Waals surface area (Å²) in [6.45, 7) is 6.96. The fourth-order valence-electron chi connectivity index (χ4n) is 2.97. The number of carbonyl (C=O) groups excluding carboxylic acids is 1. The van der Waals surface area contributed by atoms with Crippen LogP contribution in [0.3, 0.4) is 0 Å². The van der Waals surface area contributed by atoms with Crippen molar-refractivity contribution in [3.8, 4) is 28.7 Å². The van der Waals surface area contributed by atoms with Crippen molar-refractivity contribution in [3.05, 3.63) is 44.4 Å². The van der Waals surface area contributed by atoms with Crippen molar-refractivity contribution in [2.45, 2.75) is 27.7 Å². The normalized spacial score (nSPS) is 13.3. The SMILES string of the molecule is C/C=C(\C)c1c(Cl)c(O)c(C)c2c1Oc1c(Cl)c(OC)cc(C)c1C(=O)O2. The number of aryl methyl sites for hydroxylation is 1. The number of hydrogen-bond donors (Lipinski definition) is 1. The van der Waals surface area contributed by atoms with Crippen LogP contribution in [-0.4, -0.2) is 18.2 Å². The Hall–Kier alpha value is -2.37. The average molecular weight is 409 g/mol. The van der Waals surface area contributed by atoms with Gasteiger partial charge in [0.1, 0.15) is 22.1 Å². The van der Waals surface area contributed by atoms with Crippen LogP contribution in [0.25, 0.3) is 5.57 Å². The van der Waals surface area contributed by atoms with E-state index in [0.717, 1.165) is 5.57 Å². The van der Waals surface area contributed by atoms with Gasteiger partial charge < -0.3 is 19.3 Å². The molecule has 0 saturated carbocycles. The summed E-state index contributed by atoms with van der Waals surface area (Å²) in [4.78, 5) is 12.8. The minimum atomic E-state index is -0.639. The number of fused-ring (bicyclic) bond motifs is 2. The number of carbonyl (C=O) groups is 1. The minimum Gasteiger partial charge on any atom is -0.506 e. The van der Waals surface area contributed by atoms with Gasteiger partial charge in [-0.3, -0.25) is 0 Å². The van der Waals surface area contributed by atoms with Crippen molar-refractivity contribution in [1.29, 1.82) is 0 Å². The van der Waals surface area contributed by atoms with Crippen LogP contribution in [0, 0.1) is 13.8 Å². The van der Waals surface area contributed by atoms with Crippen LogP contribution in [0.2, 0.25) is 10.0 Å². The summed E-state index contributed by atoms with van der Waals surface area (Å²) in [5.74, 6) is 0.00371. The number of hydrogen-bond acceptors (Lipinski definition) is 5. The van der Waals surface area contributed by atoms with Gasteiger partial charge in [0.05, 0.1) is 12.1 Å². The number of aromatic hydroxyl groups is 1. The highest BCUT2D eigenvalue weighted by Crippen LogP contribution is 2.54. The first-order valence-electron chi connectivity index (χ1n) is 8.18. The first kappa shape index (κ1) is 19.4. The maximum absolute atomic E-state index is 12.8. The highest BCUT2D eigenvalue weighted by atomic mass is 35.5. The second-order valence-electron chi connectivity index (χ2n) is 6.20. The molecule has 0 aromatic heterocycles. The third-order valence-corrected chi connectivity index (χ3v) is 5.32. The molecule has 7 heteroatoms. The minimum absolute atomic E-state index is 0.101. The van der Waals surface area contributed by atoms with Crippen LogP contribution in [0.5, 0.6) is 28.7 Å². The predicted molar refractivity (Wildman–Crippen MR) is 105 cm³/mol. The lowest BCUT2D eigenvalue weighted by molar-refractivity contribution is 0.0735. The number of benzene rings is 2. The third kappa shape index (κ3) is 2.91. The Morgan fingerprint density at radius 2 is 1.81 bits per heavy atom. The van der Waals surface area contributed by atoms with E-state index in [2.05, 4.69) is 0 Å². The molecule has 0 spiro atoms. The van der Waals surface area contributed by atoms with Gasteiger partial charge in [0, 0.05) is 11.1 Å². The van der Waals surface area contributed by atoms with E-state index in [-0.39, 0.29) is 38.6 Å². The molecule has 0 amide bonds. The Kier molecular flexibility index (Phi) is 5.02. The van der Waals surface area contributed by atoms with Crippen LogP contribution in [-0.2, 0) is 0 Å². The molecular weight excluding hydrogens is 391 g/mol. The smallest absolute Gasteiger partial charge is 0.347 e. The molecule has 1 N–H and O–H groups in total. The molecule has 1 aliphatic heterocycles. The van der Waals surface area contributed by atoms with E-state index >= 15 is 0 Å². The lowest BCUT2D eigenvalue weighted by Gasteiger charge is -2.18. The van der Waals surface area contributed by atoms with Crippen molar-refractivity contribution in [2.24, 2.45) is 0 Å². The number of rotatable bonds is 2. The summed E-state index contributed by atoms with van der Waals surface area (Å²) in [5, 5.41) is 10.7. The summed E-state index contributed by atoms with van der Waals surface area (Å²) in [7, 11) is 1.48. The molecule has 1 heterocycles. The van der Waals surface area contributed by atoms with E-state index in [9.17, 15) is 9.90 Å². The lowest BCUT2D eigenvalue weighted by Crippen LogP contribution is -2.10. The number of esters is 1. The molecule has 3 rings (SSSR count). The van der Waals surface area contributed by atoms with E-state index < -0.39 is 5.97 Å². The van der Waals surface area contributed by atoms with Gasteiger partial charge in [-0.25, -0.2) is 4.79 Å². The molecule has 142 valence electrons. The van der Waals surface area contributed by atoms with Gasteiger partial charge in [0.15, 0.2) is 17.2 Å². The molecule has 0 bridgehead atoms. The molecule has 0 atom stereocenters. The summed E-state index contributed by atoms with van der Waals surface area (Å²) < 4.78 is 17.0. The standard InChI is InChI=1S/C20H18Cl2O5/c1-6-8(2)12-15(22)16(23)10(4)17-19(12)26-18-13(20(24)27-17)9(3)7-11(25-5)14(18)21/h6-7,23H,1-5H3/b8-6+. The van der Waals surface area contributed by atoms with E-state index in [1.165, 1.54) is 7.11 Å². The van der Waals surface area contributed by atoms with Crippen LogP contribution in [0.1, 0.15) is 40.9 Å². The zero-order valence-electron chi connectivity index (χ0n) is 15.5. The van der Waals surface area contributed by atoms with Crippen molar-refractivity contribution in [2.75, 3.05) is 7.11 Å². The van der Waals surface area contributed by atoms with Crippen LogP contribution in [0.15, 0.2) is 12.1 Å². The van der Waals surface area contributed by atoms with Gasteiger partial charge in [-0.2, -0.15) is 0 Å². The maximum Gasteiger partial charge on any atom is 0.347 e. The molecule has 0 radical (unpaired) electrons. The zero-order chi connectivity index (χ0) is 20.0. The van der Waals surface area contributed by atoms with Crippen molar-refractivity contribution in [1.82, 2.24) is 0 Å². The molecule has 5 nitrogen and oxygen atoms in total. The number of allylic oxidation sites excluding steroid dienone is 2. The van der Waals surface area contributed by atoms with Crippen LogP contribution < -0.4 is 14.2 Å². The Labute approximate surface area is 167 Å². The van der Waals surface area contributed by atoms with Crippen molar-refractivity contribution >= 4 is 34.7 Å². The number of phenolic OH excluding ortho intramolecular Hbond substituents is 1. The number of halogens is 2. The van der Waals surface area contributed by atoms with E-state index in [1.54, 1.807) is 19.9 Å². The topological polar surface area (TPSA) is 65.0 Å². The van der Waals surface area contributed by atoms with Gasteiger partial charge in [-0.1, -0.05) is 29.3 Å². The number of methoxy groups -OCH3 is 1. The largest absolute Gasteiger partial charge is 0.506 e. The lowest BCUT2D eigenvalue weighted by atomic mass is 10.0. The molecule has 0 unspecified atom stereocenters. The fraction of sp³-hybridized carbons (Fsp3) is 0.250. The van der Waals surface area contributed by atoms with Gasteiger partial charge in [-0.15, -0.1) is 0 Å². The highest BCUT2D eigenvalue weighted by Gasteiger charge is 2.34. The van der Waals surface area contributed by atoms with E-state index in [1.807, 2.05) is 19.9 Å². The molecule has 0 aliphatic carbocycles. The monoisotopic (exact) mass is 408 g/mol. The summed E-state index contributed by atoms with van der Waals surface area (Å²) >= 11 is 12.8. The second kappa shape index (κ2) is 6.98. The molecule has 0 fully saturated rings. The summed E-state index contributed by atoms with van der Waals surface area (Å²) in [6.07, 6.45) is 1.81. The van der Waals surface area contributed by atoms with Crippen molar-refractivity contribution < 1.29 is 24.1 Å². The van der Waals surface area contributed by atoms with Gasteiger partial charge in [0.25, 0.3) is 0 Å². The predicted octanol–water partition coefficient (Wildman–Crippen LogP) is 6.07. The van der Waals surface area contributed by atoms with Crippen LogP contribution >= 0.6 is 23.2 Å². The van der Waals surface area contributed by atoms with Crippen molar-refractivity contribution in [3.63, 3.8) is 0 Å². The molecular formula is C20H18Cl2O5. The maximum atomic E-state index is 12.8. The Morgan fingerprint density at radius 3 is 2.41 bits per heavy atom. The molecule has 2 aromatic carbocycles. The average Bonchev–Trinajstić information content (AvgIpc) is 2.80. The molecule has 0 saturated heterocycles. The highest BCUT2D eigenvalue weighted by molar-refractivity contribution is 6.35. The second-order valence-corrected chi connectivity index (χ2v) is 6.95. The van der Waals surface area contributed by atoms with E-state index in [0.29, 0.717) is 22.4 Å². The molecule has 2 aromatic rings. The van der Waals surface area contributed by atoms with Gasteiger partial charge >= 0.3 is 5.97 Å². The summed E-state index contributed by atoms with van der Waals surface area (Å²) in [6, 6.07) is 1.64. The van der Waals surface area contributed by atoms with Gasteiger partial charge in [0.2, 0.25) is 0 Å². The third-order valence-electron chi connectivity index (χ3n) is 4.59. The molecule has 27 heavy (non-hydrogen) atoms. The fourth-order valence-corrected chi connectivity index (χ4v) is 3.61. The van der Waals surface area contributed by atoms with Crippen LogP contribution in [0.4, 0.5) is 0 Å². The first-order chi connectivity index (χ1) is 12.7. The molecule has 1 aliphatic rings. The van der Waals surface area contributed by atoms with Gasteiger partial charge in [-0.05, 0) is 44.9 Å². The summed E-state index contributed by atoms with van der Waals surface area (Å²) in [5.41, 5.74) is 2.23. The van der Waals surface area contributed by atoms with E-state index in [4.69, 9.17) is 37.4 Å². The Balaban J connectivity index is 2.42. The Bertz CT molecular complexity index is 1010. The number of ether oxygens (including phenoxy) is 3. The number of phenols is 1. The first-order valence-corrected chi connectivity index (χ1v) is 8.93. The Morgan fingerprint density at radius 1 is 1.15 bits per heavy atom.